The number of hydrogen-bond acceptors (Lipinski definition) is 5. The number of pyridine rings is 1. The van der Waals surface area contributed by atoms with E-state index in [1.807, 2.05) is 29.7 Å². The van der Waals surface area contributed by atoms with Crippen LogP contribution in [-0.2, 0) is 10.2 Å². The Bertz CT molecular complexity index is 1260. The summed E-state index contributed by atoms with van der Waals surface area (Å²) in [5, 5.41) is 10.1. The molecule has 0 aromatic carbocycles. The van der Waals surface area contributed by atoms with Gasteiger partial charge in [0.1, 0.15) is 5.52 Å². The molecule has 214 valence electrons. The third kappa shape index (κ3) is 5.48. The molecule has 7 nitrogen and oxygen atoms in total. The zero-order valence-corrected chi connectivity index (χ0v) is 25.2. The largest absolute Gasteiger partial charge is 0.449 e. The van der Waals surface area contributed by atoms with Crippen molar-refractivity contribution in [3.63, 3.8) is 0 Å². The van der Waals surface area contributed by atoms with E-state index in [0.717, 1.165) is 29.6 Å². The molecule has 2 saturated carbocycles. The van der Waals surface area contributed by atoms with Crippen molar-refractivity contribution in [1.29, 1.82) is 0 Å². The Morgan fingerprint density at radius 2 is 1.67 bits per heavy atom. The quantitative estimate of drug-likeness (QED) is 0.516. The molecule has 3 heterocycles. The van der Waals surface area contributed by atoms with Gasteiger partial charge in [0.15, 0.2) is 11.3 Å². The molecule has 5 rings (SSSR count). The minimum atomic E-state index is -0.734. The van der Waals surface area contributed by atoms with E-state index in [0.29, 0.717) is 55.2 Å². The summed E-state index contributed by atoms with van der Waals surface area (Å²) in [5.41, 5.74) is 2.63. The lowest BCUT2D eigenvalue weighted by atomic mass is 9.71. The van der Waals surface area contributed by atoms with Crippen molar-refractivity contribution in [3.05, 3.63) is 29.2 Å². The number of furan rings is 1. The number of nitrogens with zero attached hydrogens (tertiary/aromatic N) is 3. The van der Waals surface area contributed by atoms with Gasteiger partial charge < -0.3 is 19.3 Å². The molecule has 3 fully saturated rings. The van der Waals surface area contributed by atoms with Crippen molar-refractivity contribution in [2.24, 2.45) is 11.3 Å². The average Bonchev–Trinajstić information content (AvgIpc) is 3.24. The SMILES string of the molecule is CC1(C)CCC(c2cc(C(C)(C)C)c3oc(C(=O)N4CCN(C(=O)C5CC(C)(O)C5)CC4(C)C)cc3n2)CC1. The van der Waals surface area contributed by atoms with Crippen LogP contribution in [0.2, 0.25) is 0 Å². The normalized spacial score (nSPS) is 27.5. The number of carbonyl (C=O) groups is 2. The molecule has 0 bridgehead atoms. The second-order valence-electron chi connectivity index (χ2n) is 15.2. The Kier molecular flexibility index (Phi) is 6.72. The summed E-state index contributed by atoms with van der Waals surface area (Å²) < 4.78 is 6.31. The number of aromatic nitrogens is 1. The minimum Gasteiger partial charge on any atom is -0.449 e. The monoisotopic (exact) mass is 537 g/mol. The highest BCUT2D eigenvalue weighted by atomic mass is 16.3. The lowest BCUT2D eigenvalue weighted by Crippen LogP contribution is -2.63. The third-order valence-corrected chi connectivity index (χ3v) is 9.46. The van der Waals surface area contributed by atoms with E-state index in [9.17, 15) is 14.7 Å². The van der Waals surface area contributed by atoms with Crippen molar-refractivity contribution in [2.45, 2.75) is 116 Å². The Morgan fingerprint density at radius 1 is 1.03 bits per heavy atom. The Hall–Kier alpha value is -2.41. The molecular weight excluding hydrogens is 490 g/mol. The summed E-state index contributed by atoms with van der Waals surface area (Å²) in [5.74, 6) is 0.551. The molecule has 1 N–H and O–H groups in total. The maximum atomic E-state index is 13.8. The van der Waals surface area contributed by atoms with Crippen LogP contribution in [0.1, 0.15) is 122 Å². The zero-order valence-electron chi connectivity index (χ0n) is 25.2. The van der Waals surface area contributed by atoms with E-state index >= 15 is 0 Å². The molecule has 0 atom stereocenters. The molecule has 1 aliphatic heterocycles. The molecule has 1 saturated heterocycles. The first-order valence-electron chi connectivity index (χ1n) is 14.7. The van der Waals surface area contributed by atoms with Crippen LogP contribution in [0, 0.1) is 11.3 Å². The number of fused-ring (bicyclic) bond motifs is 1. The van der Waals surface area contributed by atoms with Crippen LogP contribution >= 0.6 is 0 Å². The lowest BCUT2D eigenvalue weighted by molar-refractivity contribution is -0.153. The standard InChI is InChI=1S/C32H47N3O4/c1-29(2,3)22-15-23(20-9-11-30(4,5)12-10-20)33-24-16-25(39-26(22)24)28(37)35-14-13-34(19-31(35,6)7)27(36)21-17-32(8,38)18-21/h15-16,20-21,38H,9-14,17-19H2,1-8H3. The number of amides is 2. The van der Waals surface area contributed by atoms with Gasteiger partial charge in [-0.15, -0.1) is 0 Å². The van der Waals surface area contributed by atoms with Gasteiger partial charge >= 0.3 is 0 Å². The topological polar surface area (TPSA) is 86.9 Å². The van der Waals surface area contributed by atoms with Gasteiger partial charge in [-0.25, -0.2) is 4.98 Å². The van der Waals surface area contributed by atoms with Crippen LogP contribution in [0.4, 0.5) is 0 Å². The number of aliphatic hydroxyl groups is 1. The van der Waals surface area contributed by atoms with E-state index in [1.165, 1.54) is 12.8 Å². The molecule has 2 aromatic heterocycles. The predicted octanol–water partition coefficient (Wildman–Crippen LogP) is 6.03. The fourth-order valence-corrected chi connectivity index (χ4v) is 6.90. The van der Waals surface area contributed by atoms with Gasteiger partial charge in [-0.2, -0.15) is 0 Å². The van der Waals surface area contributed by atoms with E-state index in [4.69, 9.17) is 9.40 Å². The predicted molar refractivity (Wildman–Crippen MR) is 153 cm³/mol. The molecule has 0 spiro atoms. The molecule has 2 aromatic rings. The molecule has 7 heteroatoms. The van der Waals surface area contributed by atoms with Crippen LogP contribution in [0.3, 0.4) is 0 Å². The lowest BCUT2D eigenvalue weighted by Gasteiger charge is -2.49. The molecule has 2 aliphatic carbocycles. The van der Waals surface area contributed by atoms with Crippen molar-refractivity contribution >= 4 is 22.9 Å². The van der Waals surface area contributed by atoms with Gasteiger partial charge in [-0.3, -0.25) is 9.59 Å². The number of piperazine rings is 1. The highest BCUT2D eigenvalue weighted by molar-refractivity contribution is 5.96. The van der Waals surface area contributed by atoms with Gasteiger partial charge in [0.05, 0.1) is 11.1 Å². The average molecular weight is 538 g/mol. The van der Waals surface area contributed by atoms with Crippen LogP contribution in [-0.4, -0.2) is 62.5 Å². The van der Waals surface area contributed by atoms with E-state index in [1.54, 1.807) is 6.92 Å². The van der Waals surface area contributed by atoms with E-state index < -0.39 is 11.1 Å². The van der Waals surface area contributed by atoms with Crippen LogP contribution in [0.25, 0.3) is 11.1 Å². The zero-order chi connectivity index (χ0) is 28.5. The van der Waals surface area contributed by atoms with Crippen molar-refractivity contribution in [1.82, 2.24) is 14.8 Å². The highest BCUT2D eigenvalue weighted by Crippen LogP contribution is 2.44. The maximum Gasteiger partial charge on any atom is 0.290 e. The van der Waals surface area contributed by atoms with Gasteiger partial charge in [-0.1, -0.05) is 34.6 Å². The van der Waals surface area contributed by atoms with E-state index in [-0.39, 0.29) is 23.1 Å². The Labute approximate surface area is 233 Å². The molecule has 39 heavy (non-hydrogen) atoms. The fraction of sp³-hybridized carbons (Fsp3) is 0.719. The van der Waals surface area contributed by atoms with Crippen LogP contribution < -0.4 is 0 Å². The Balaban J connectivity index is 1.38. The van der Waals surface area contributed by atoms with Gasteiger partial charge in [-0.05, 0) is 76.2 Å². The van der Waals surface area contributed by atoms with Gasteiger partial charge in [0, 0.05) is 48.8 Å². The maximum absolute atomic E-state index is 13.8. The minimum absolute atomic E-state index is 0.0862. The number of rotatable bonds is 3. The molecule has 3 aliphatic rings. The first-order valence-corrected chi connectivity index (χ1v) is 14.7. The molecule has 0 radical (unpaired) electrons. The Morgan fingerprint density at radius 3 is 2.23 bits per heavy atom. The fourth-order valence-electron chi connectivity index (χ4n) is 6.90. The molecule has 2 amide bonds. The molecular formula is C32H47N3O4. The summed E-state index contributed by atoms with van der Waals surface area (Å²) in [6, 6.07) is 4.04. The summed E-state index contributed by atoms with van der Waals surface area (Å²) in [6.07, 6.45) is 5.67. The smallest absolute Gasteiger partial charge is 0.290 e. The van der Waals surface area contributed by atoms with Gasteiger partial charge in [0.2, 0.25) is 5.91 Å². The first kappa shape index (κ1) is 28.1. The second-order valence-corrected chi connectivity index (χ2v) is 15.2. The second kappa shape index (κ2) is 9.32. The summed E-state index contributed by atoms with van der Waals surface area (Å²) in [7, 11) is 0. The summed E-state index contributed by atoms with van der Waals surface area (Å²) in [6.45, 7) is 18.4. The summed E-state index contributed by atoms with van der Waals surface area (Å²) in [4.78, 5) is 35.6. The number of carbonyl (C=O) groups excluding carboxylic acids is 2. The van der Waals surface area contributed by atoms with Crippen LogP contribution in [0.5, 0.6) is 0 Å². The number of hydrogen-bond donors (Lipinski definition) is 1. The first-order chi connectivity index (χ1) is 18.0. The van der Waals surface area contributed by atoms with Crippen molar-refractivity contribution < 1.29 is 19.1 Å². The molecule has 0 unspecified atom stereocenters. The van der Waals surface area contributed by atoms with E-state index in [2.05, 4.69) is 40.7 Å². The van der Waals surface area contributed by atoms with Crippen molar-refractivity contribution in [2.75, 3.05) is 19.6 Å². The van der Waals surface area contributed by atoms with Gasteiger partial charge in [0.25, 0.3) is 5.91 Å². The van der Waals surface area contributed by atoms with Crippen LogP contribution in [0.15, 0.2) is 16.5 Å². The van der Waals surface area contributed by atoms with Crippen molar-refractivity contribution in [3.8, 4) is 0 Å². The summed E-state index contributed by atoms with van der Waals surface area (Å²) >= 11 is 0. The highest BCUT2D eigenvalue weighted by Gasteiger charge is 2.47. The third-order valence-electron chi connectivity index (χ3n) is 9.46.